The highest BCUT2D eigenvalue weighted by molar-refractivity contribution is 6.17. The van der Waals surface area contributed by atoms with Crippen LogP contribution in [0.3, 0.4) is 0 Å². The van der Waals surface area contributed by atoms with Gasteiger partial charge in [-0.05, 0) is 25.0 Å². The normalized spacial score (nSPS) is 14.0. The molecule has 1 aliphatic rings. The second-order valence-electron chi connectivity index (χ2n) is 6.34. The predicted octanol–water partition coefficient (Wildman–Crippen LogP) is 2.74. The Labute approximate surface area is 171 Å². The van der Waals surface area contributed by atoms with Crippen LogP contribution in [-0.2, 0) is 0 Å². The molecule has 1 aromatic carbocycles. The number of hydrogen-bond donors (Lipinski definition) is 1. The van der Waals surface area contributed by atoms with Gasteiger partial charge in [-0.2, -0.15) is 0 Å². The molecule has 0 unspecified atom stereocenters. The van der Waals surface area contributed by atoms with E-state index in [4.69, 9.17) is 25.8 Å². The largest absolute Gasteiger partial charge is 0.493 e. The monoisotopic (exact) mass is 406 g/mol. The molecule has 0 aliphatic carbocycles. The van der Waals surface area contributed by atoms with Crippen molar-refractivity contribution in [3.63, 3.8) is 0 Å². The summed E-state index contributed by atoms with van der Waals surface area (Å²) in [6.07, 6.45) is 5.23. The van der Waals surface area contributed by atoms with Gasteiger partial charge in [0.05, 0.1) is 6.61 Å². The van der Waals surface area contributed by atoms with Gasteiger partial charge in [-0.15, -0.1) is 11.6 Å². The van der Waals surface area contributed by atoms with Crippen LogP contribution in [-0.4, -0.2) is 61.8 Å². The van der Waals surface area contributed by atoms with Crippen LogP contribution in [0, 0.1) is 0 Å². The van der Waals surface area contributed by atoms with E-state index in [0.717, 1.165) is 56.3 Å². The van der Waals surface area contributed by atoms with E-state index in [9.17, 15) is 0 Å². The maximum atomic E-state index is 5.83. The highest BCUT2D eigenvalue weighted by Gasteiger charge is 2.17. The van der Waals surface area contributed by atoms with Gasteiger partial charge >= 0.3 is 0 Å². The molecular formula is C20H27ClN4O3. The van der Waals surface area contributed by atoms with E-state index >= 15 is 0 Å². The summed E-state index contributed by atoms with van der Waals surface area (Å²) in [5.41, 5.74) is 0. The molecule has 2 heterocycles. The fraction of sp³-hybridized carbons (Fsp3) is 0.500. The van der Waals surface area contributed by atoms with E-state index in [0.29, 0.717) is 31.6 Å². The van der Waals surface area contributed by atoms with Crippen LogP contribution in [0.4, 0.5) is 5.82 Å². The number of alkyl halides is 1. The van der Waals surface area contributed by atoms with Crippen LogP contribution >= 0.6 is 11.6 Å². The molecule has 1 saturated heterocycles. The SMILES string of the molecule is ClCCCCOc1cccc(OCCOc2nccnc2N2CCNCC2)c1. The predicted molar refractivity (Wildman–Crippen MR) is 110 cm³/mol. The molecule has 2 aromatic rings. The van der Waals surface area contributed by atoms with Gasteiger partial charge in [-0.1, -0.05) is 6.07 Å². The highest BCUT2D eigenvalue weighted by atomic mass is 35.5. The summed E-state index contributed by atoms with van der Waals surface area (Å²) in [4.78, 5) is 11.0. The third-order valence-corrected chi connectivity index (χ3v) is 4.52. The Bertz CT molecular complexity index is 713. The van der Waals surface area contributed by atoms with Gasteiger partial charge in [-0.25, -0.2) is 9.97 Å². The number of halogens is 1. The van der Waals surface area contributed by atoms with Crippen LogP contribution in [0.15, 0.2) is 36.7 Å². The smallest absolute Gasteiger partial charge is 0.257 e. The molecule has 0 atom stereocenters. The Balaban J connectivity index is 1.45. The molecule has 1 fully saturated rings. The Morgan fingerprint density at radius 2 is 1.64 bits per heavy atom. The second kappa shape index (κ2) is 11.6. The summed E-state index contributed by atoms with van der Waals surface area (Å²) < 4.78 is 17.3. The Kier molecular flexibility index (Phi) is 8.46. The standard InChI is InChI=1S/C20H27ClN4O3/c21-6-1-2-13-26-17-4-3-5-18(16-17)27-14-15-28-20-19(23-7-8-24-20)25-11-9-22-10-12-25/h3-5,7-8,16,22H,1-2,6,9-15H2. The first-order valence-electron chi connectivity index (χ1n) is 9.68. The van der Waals surface area contributed by atoms with Crippen molar-refractivity contribution in [1.82, 2.24) is 15.3 Å². The van der Waals surface area contributed by atoms with E-state index in [2.05, 4.69) is 20.2 Å². The third kappa shape index (κ3) is 6.42. The number of piperazine rings is 1. The van der Waals surface area contributed by atoms with Crippen molar-refractivity contribution in [3.8, 4) is 17.4 Å². The quantitative estimate of drug-likeness (QED) is 0.454. The lowest BCUT2D eigenvalue weighted by atomic mass is 10.3. The number of nitrogens with one attached hydrogen (secondary N) is 1. The van der Waals surface area contributed by atoms with Crippen LogP contribution in [0.2, 0.25) is 0 Å². The zero-order valence-corrected chi connectivity index (χ0v) is 16.7. The van der Waals surface area contributed by atoms with Crippen LogP contribution in [0.1, 0.15) is 12.8 Å². The summed E-state index contributed by atoms with van der Waals surface area (Å²) in [6, 6.07) is 7.62. The van der Waals surface area contributed by atoms with Gasteiger partial charge in [0, 0.05) is 50.5 Å². The van der Waals surface area contributed by atoms with E-state index in [1.165, 1.54) is 0 Å². The Morgan fingerprint density at radius 1 is 0.929 bits per heavy atom. The zero-order chi connectivity index (χ0) is 19.4. The summed E-state index contributed by atoms with van der Waals surface area (Å²) in [5.74, 6) is 3.54. The zero-order valence-electron chi connectivity index (χ0n) is 16.0. The van der Waals surface area contributed by atoms with Gasteiger partial charge in [0.25, 0.3) is 5.88 Å². The van der Waals surface area contributed by atoms with Crippen molar-refractivity contribution in [2.24, 2.45) is 0 Å². The van der Waals surface area contributed by atoms with Gasteiger partial charge < -0.3 is 24.4 Å². The van der Waals surface area contributed by atoms with Crippen LogP contribution in [0.25, 0.3) is 0 Å². The molecule has 0 spiro atoms. The minimum Gasteiger partial charge on any atom is -0.493 e. The fourth-order valence-electron chi connectivity index (χ4n) is 2.85. The maximum Gasteiger partial charge on any atom is 0.257 e. The molecule has 1 aromatic heterocycles. The molecule has 8 heteroatoms. The van der Waals surface area contributed by atoms with Gasteiger partial charge in [0.1, 0.15) is 24.7 Å². The summed E-state index contributed by atoms with van der Waals surface area (Å²) in [7, 11) is 0. The first-order valence-corrected chi connectivity index (χ1v) is 10.2. The number of anilines is 1. The van der Waals surface area contributed by atoms with Crippen molar-refractivity contribution in [2.75, 3.05) is 56.8 Å². The van der Waals surface area contributed by atoms with Crippen molar-refractivity contribution in [3.05, 3.63) is 36.7 Å². The van der Waals surface area contributed by atoms with Gasteiger partial charge in [-0.3, -0.25) is 0 Å². The number of nitrogens with zero attached hydrogens (tertiary/aromatic N) is 3. The number of unbranched alkanes of at least 4 members (excludes halogenated alkanes) is 1. The van der Waals surface area contributed by atoms with E-state index < -0.39 is 0 Å². The first kappa shape index (κ1) is 20.5. The van der Waals surface area contributed by atoms with Crippen molar-refractivity contribution >= 4 is 17.4 Å². The summed E-state index contributed by atoms with van der Waals surface area (Å²) in [6.45, 7) is 5.10. The van der Waals surface area contributed by atoms with E-state index in [1.54, 1.807) is 12.4 Å². The van der Waals surface area contributed by atoms with Gasteiger partial charge in [0.2, 0.25) is 0 Å². The molecule has 0 saturated carbocycles. The number of ether oxygens (including phenoxy) is 3. The summed E-state index contributed by atoms with van der Waals surface area (Å²) in [5, 5.41) is 3.33. The molecule has 152 valence electrons. The molecule has 0 amide bonds. The molecule has 3 rings (SSSR count). The lowest BCUT2D eigenvalue weighted by Crippen LogP contribution is -2.44. The fourth-order valence-corrected chi connectivity index (χ4v) is 3.04. The molecule has 1 N–H and O–H groups in total. The average molecular weight is 407 g/mol. The van der Waals surface area contributed by atoms with Crippen molar-refractivity contribution in [1.29, 1.82) is 0 Å². The lowest BCUT2D eigenvalue weighted by Gasteiger charge is -2.28. The third-order valence-electron chi connectivity index (χ3n) is 4.26. The Hall–Kier alpha value is -2.25. The van der Waals surface area contributed by atoms with Crippen LogP contribution < -0.4 is 24.4 Å². The Morgan fingerprint density at radius 3 is 2.43 bits per heavy atom. The molecule has 1 aliphatic heterocycles. The van der Waals surface area contributed by atoms with Crippen LogP contribution in [0.5, 0.6) is 17.4 Å². The molecule has 0 radical (unpaired) electrons. The van der Waals surface area contributed by atoms with Crippen molar-refractivity contribution < 1.29 is 14.2 Å². The number of aromatic nitrogens is 2. The lowest BCUT2D eigenvalue weighted by molar-refractivity contribution is 0.210. The minimum atomic E-state index is 0.387. The summed E-state index contributed by atoms with van der Waals surface area (Å²) >= 11 is 5.68. The number of benzene rings is 1. The first-order chi connectivity index (χ1) is 13.9. The molecular weight excluding hydrogens is 380 g/mol. The van der Waals surface area contributed by atoms with Gasteiger partial charge in [0.15, 0.2) is 5.82 Å². The molecule has 7 nitrogen and oxygen atoms in total. The van der Waals surface area contributed by atoms with Crippen molar-refractivity contribution in [2.45, 2.75) is 12.8 Å². The average Bonchev–Trinajstić information content (AvgIpc) is 2.76. The number of hydrogen-bond acceptors (Lipinski definition) is 7. The van der Waals surface area contributed by atoms with E-state index in [1.807, 2.05) is 24.3 Å². The second-order valence-corrected chi connectivity index (χ2v) is 6.72. The molecule has 0 bridgehead atoms. The number of rotatable bonds is 11. The molecule has 28 heavy (non-hydrogen) atoms. The minimum absolute atomic E-state index is 0.387. The maximum absolute atomic E-state index is 5.83. The topological polar surface area (TPSA) is 68.7 Å². The van der Waals surface area contributed by atoms with E-state index in [-0.39, 0.29) is 0 Å². The highest BCUT2D eigenvalue weighted by Crippen LogP contribution is 2.23.